The first-order valence-corrected chi connectivity index (χ1v) is 9.89. The van der Waals surface area contributed by atoms with E-state index in [2.05, 4.69) is 4.99 Å². The first-order valence-electron chi connectivity index (χ1n) is 8.00. The van der Waals surface area contributed by atoms with Gasteiger partial charge in [0.25, 0.3) is 0 Å². The van der Waals surface area contributed by atoms with E-state index in [0.29, 0.717) is 29.9 Å². The third-order valence-corrected chi connectivity index (χ3v) is 4.52. The van der Waals surface area contributed by atoms with E-state index in [1.165, 1.54) is 12.1 Å². The molecule has 1 aromatic carbocycles. The van der Waals surface area contributed by atoms with Crippen molar-refractivity contribution in [3.63, 3.8) is 0 Å². The van der Waals surface area contributed by atoms with E-state index in [-0.39, 0.29) is 10.7 Å². The Kier molecular flexibility index (Phi) is 7.85. The van der Waals surface area contributed by atoms with E-state index in [1.54, 1.807) is 25.4 Å². The minimum Gasteiger partial charge on any atom is -0.489 e. The van der Waals surface area contributed by atoms with Crippen LogP contribution < -0.4 is 0 Å². The molecule has 24 heavy (non-hydrogen) atoms. The second kappa shape index (κ2) is 9.37. The predicted octanol–water partition coefficient (Wildman–Crippen LogP) is 3.15. The van der Waals surface area contributed by atoms with E-state index in [0.717, 1.165) is 19.1 Å². The lowest BCUT2D eigenvalue weighted by atomic mass is 10.1. The molecular formula is C18H25NO4S. The third-order valence-electron chi connectivity index (χ3n) is 3.40. The Balaban J connectivity index is 0.00000139. The Morgan fingerprint density at radius 2 is 1.83 bits per heavy atom. The number of rotatable bonds is 7. The topological polar surface area (TPSA) is 72.8 Å². The van der Waals surface area contributed by atoms with Crippen LogP contribution in [0.2, 0.25) is 0 Å². The highest BCUT2D eigenvalue weighted by atomic mass is 32.2. The Labute approximate surface area is 144 Å². The van der Waals surface area contributed by atoms with Crippen LogP contribution in [0.5, 0.6) is 0 Å². The molecule has 0 atom stereocenters. The molecule has 6 heteroatoms. The molecule has 0 aromatic heterocycles. The van der Waals surface area contributed by atoms with E-state index in [9.17, 15) is 13.2 Å². The first-order chi connectivity index (χ1) is 11.5. The Bertz CT molecular complexity index is 699. The zero-order chi connectivity index (χ0) is 18.2. The molecular weight excluding hydrogens is 326 g/mol. The van der Waals surface area contributed by atoms with Crippen LogP contribution in [0.1, 0.15) is 32.3 Å². The number of nitrogens with zero attached hydrogens (tertiary/aromatic N) is 1. The van der Waals surface area contributed by atoms with Gasteiger partial charge in [-0.25, -0.2) is 8.42 Å². The van der Waals surface area contributed by atoms with Gasteiger partial charge < -0.3 is 4.74 Å². The molecule has 132 valence electrons. The molecule has 0 amide bonds. The summed E-state index contributed by atoms with van der Waals surface area (Å²) >= 11 is 0. The highest BCUT2D eigenvalue weighted by Crippen LogP contribution is 2.30. The molecule has 0 bridgehead atoms. The van der Waals surface area contributed by atoms with Crippen molar-refractivity contribution < 1.29 is 17.9 Å². The minimum absolute atomic E-state index is 0.226. The van der Waals surface area contributed by atoms with Crippen molar-refractivity contribution in [3.05, 3.63) is 35.6 Å². The number of hydrogen-bond acceptors (Lipinski definition) is 5. The smallest absolute Gasteiger partial charge is 0.185 e. The average Bonchev–Trinajstić information content (AvgIpc) is 3.40. The van der Waals surface area contributed by atoms with E-state index in [1.807, 2.05) is 13.8 Å². The van der Waals surface area contributed by atoms with Crippen molar-refractivity contribution in [1.82, 2.24) is 0 Å². The molecule has 0 heterocycles. The highest BCUT2D eigenvalue weighted by molar-refractivity contribution is 7.90. The largest absolute Gasteiger partial charge is 0.489 e. The molecule has 0 unspecified atom stereocenters. The molecule has 0 aliphatic heterocycles. The number of hydrogen-bond donors (Lipinski definition) is 0. The molecule has 5 nitrogen and oxygen atoms in total. The molecule has 1 aliphatic rings. The monoisotopic (exact) mass is 351 g/mol. The normalized spacial score (nSPS) is 15.3. The van der Waals surface area contributed by atoms with E-state index < -0.39 is 9.84 Å². The number of sulfone groups is 1. The average molecular weight is 351 g/mol. The van der Waals surface area contributed by atoms with E-state index >= 15 is 0 Å². The highest BCUT2D eigenvalue weighted by Gasteiger charge is 2.23. The van der Waals surface area contributed by atoms with Gasteiger partial charge in [0.15, 0.2) is 21.9 Å². The van der Waals surface area contributed by atoms with Crippen molar-refractivity contribution in [2.45, 2.75) is 31.6 Å². The van der Waals surface area contributed by atoms with Crippen molar-refractivity contribution >= 4 is 27.9 Å². The Hall–Kier alpha value is -1.95. The standard InChI is InChI=1S/C16H19NO4S.C2H6/c1-17-9-15(16(10-18)21-11-12-3-4-12)13-5-7-14(8-6-13)22(2,19)20;1-2/h5-10,12H,3-4,11H2,1-2H3;1-2H3/b16-15-,17-9?;. The maximum absolute atomic E-state index is 11.5. The summed E-state index contributed by atoms with van der Waals surface area (Å²) in [6.45, 7) is 4.52. The van der Waals surface area contributed by atoms with Gasteiger partial charge in [0.1, 0.15) is 0 Å². The van der Waals surface area contributed by atoms with Gasteiger partial charge in [-0.3, -0.25) is 9.79 Å². The quantitative estimate of drug-likeness (QED) is 0.327. The lowest BCUT2D eigenvalue weighted by Crippen LogP contribution is -2.03. The Morgan fingerprint density at radius 1 is 1.25 bits per heavy atom. The van der Waals surface area contributed by atoms with Crippen LogP contribution in [0.25, 0.3) is 5.57 Å². The summed E-state index contributed by atoms with van der Waals surface area (Å²) in [6, 6.07) is 6.32. The fourth-order valence-electron chi connectivity index (χ4n) is 1.96. The number of aldehydes is 1. The van der Waals surface area contributed by atoms with Crippen molar-refractivity contribution in [2.75, 3.05) is 19.9 Å². The maximum atomic E-state index is 11.5. The fraction of sp³-hybridized carbons (Fsp3) is 0.444. The van der Waals surface area contributed by atoms with Gasteiger partial charge >= 0.3 is 0 Å². The lowest BCUT2D eigenvalue weighted by Gasteiger charge is -2.10. The number of aliphatic imine (C=N–C) groups is 1. The van der Waals surface area contributed by atoms with Crippen LogP contribution in [0.15, 0.2) is 39.9 Å². The van der Waals surface area contributed by atoms with E-state index in [4.69, 9.17) is 4.74 Å². The van der Waals surface area contributed by atoms with Crippen LogP contribution in [0, 0.1) is 5.92 Å². The Morgan fingerprint density at radius 3 is 2.25 bits per heavy atom. The second-order valence-corrected chi connectivity index (χ2v) is 7.35. The molecule has 0 spiro atoms. The zero-order valence-electron chi connectivity index (χ0n) is 14.7. The maximum Gasteiger partial charge on any atom is 0.185 e. The third kappa shape index (κ3) is 5.92. The number of carbonyl (C=O) groups is 1. The molecule has 0 saturated heterocycles. The predicted molar refractivity (Wildman–Crippen MR) is 97.0 cm³/mol. The molecule has 1 saturated carbocycles. The number of benzene rings is 1. The van der Waals surface area contributed by atoms with Gasteiger partial charge in [0.05, 0.1) is 11.5 Å². The van der Waals surface area contributed by atoms with Gasteiger partial charge in [-0.1, -0.05) is 26.0 Å². The molecule has 1 fully saturated rings. The molecule has 2 rings (SSSR count). The van der Waals surface area contributed by atoms with Crippen molar-refractivity contribution in [1.29, 1.82) is 0 Å². The summed E-state index contributed by atoms with van der Waals surface area (Å²) in [6.07, 6.45) is 5.64. The first kappa shape index (κ1) is 20.1. The summed E-state index contributed by atoms with van der Waals surface area (Å²) in [5.41, 5.74) is 1.24. The molecule has 0 radical (unpaired) electrons. The number of allylic oxidation sites excluding steroid dienone is 2. The van der Waals surface area contributed by atoms with Crippen LogP contribution in [0.4, 0.5) is 0 Å². The summed E-state index contributed by atoms with van der Waals surface area (Å²) in [5, 5.41) is 0. The SMILES string of the molecule is CC.CN=C/C(=C(\C=O)OCC1CC1)c1ccc(S(C)(=O)=O)cc1. The van der Waals surface area contributed by atoms with Crippen LogP contribution >= 0.6 is 0 Å². The van der Waals surface area contributed by atoms with Gasteiger partial charge in [0.2, 0.25) is 0 Å². The minimum atomic E-state index is -3.25. The zero-order valence-corrected chi connectivity index (χ0v) is 15.5. The molecule has 1 aliphatic carbocycles. The van der Waals surface area contributed by atoms with Gasteiger partial charge in [-0.15, -0.1) is 0 Å². The second-order valence-electron chi connectivity index (χ2n) is 5.33. The van der Waals surface area contributed by atoms with Gasteiger partial charge in [-0.05, 0) is 36.5 Å². The van der Waals surface area contributed by atoms with Crippen LogP contribution in [-0.4, -0.2) is 40.8 Å². The lowest BCUT2D eigenvalue weighted by molar-refractivity contribution is -0.107. The van der Waals surface area contributed by atoms with Crippen molar-refractivity contribution in [2.24, 2.45) is 10.9 Å². The fourth-order valence-corrected chi connectivity index (χ4v) is 2.59. The van der Waals surface area contributed by atoms with Crippen LogP contribution in [0.3, 0.4) is 0 Å². The molecule has 1 aromatic rings. The van der Waals surface area contributed by atoms with Crippen LogP contribution in [-0.2, 0) is 19.4 Å². The number of ether oxygens (including phenoxy) is 1. The number of carbonyl (C=O) groups excluding carboxylic acids is 1. The molecule has 0 N–H and O–H groups in total. The van der Waals surface area contributed by atoms with Gasteiger partial charge in [0, 0.05) is 25.1 Å². The summed E-state index contributed by atoms with van der Waals surface area (Å²) in [7, 11) is -1.64. The summed E-state index contributed by atoms with van der Waals surface area (Å²) in [4.78, 5) is 15.5. The van der Waals surface area contributed by atoms with Crippen molar-refractivity contribution in [3.8, 4) is 0 Å². The summed E-state index contributed by atoms with van der Waals surface area (Å²) < 4.78 is 28.6. The summed E-state index contributed by atoms with van der Waals surface area (Å²) in [5.74, 6) is 0.756. The van der Waals surface area contributed by atoms with Gasteiger partial charge in [-0.2, -0.15) is 0 Å².